The number of nitrogens with zero attached hydrogens (tertiary/aromatic N) is 1. The fourth-order valence-corrected chi connectivity index (χ4v) is 1.00. The number of carbonyl (C=O) groups is 1. The van der Waals surface area contributed by atoms with Crippen LogP contribution in [-0.2, 0) is 9.53 Å². The number of carbonyl (C=O) groups excluding carboxylic acids is 1. The van der Waals surface area contributed by atoms with E-state index in [1.165, 1.54) is 0 Å². The Balaban J connectivity index is 2.39. The van der Waals surface area contributed by atoms with Gasteiger partial charge in [-0.25, -0.2) is 0 Å². The van der Waals surface area contributed by atoms with Gasteiger partial charge in [-0.15, -0.1) is 0 Å². The van der Waals surface area contributed by atoms with Crippen molar-refractivity contribution >= 4 is 12.2 Å². The van der Waals surface area contributed by atoms with Gasteiger partial charge in [0.05, 0.1) is 12.5 Å². The summed E-state index contributed by atoms with van der Waals surface area (Å²) < 4.78 is 4.80. The normalized spacial score (nSPS) is 26.2. The van der Waals surface area contributed by atoms with Gasteiger partial charge < -0.3 is 4.74 Å². The Bertz CT molecular complexity index is 189. The van der Waals surface area contributed by atoms with E-state index >= 15 is 0 Å². The van der Waals surface area contributed by atoms with Crippen LogP contribution in [0.15, 0.2) is 4.99 Å². The predicted molar refractivity (Wildman–Crippen MR) is 47.3 cm³/mol. The van der Waals surface area contributed by atoms with Crippen LogP contribution in [0.5, 0.6) is 0 Å². The molecule has 3 heteroatoms. The molecule has 12 heavy (non-hydrogen) atoms. The molecule has 1 aliphatic heterocycles. The van der Waals surface area contributed by atoms with Crippen LogP contribution in [0.1, 0.15) is 26.7 Å². The van der Waals surface area contributed by atoms with Crippen LogP contribution in [0.25, 0.3) is 0 Å². The number of aliphatic imine (C=N–C) groups is 1. The molecule has 1 rings (SSSR count). The van der Waals surface area contributed by atoms with E-state index in [9.17, 15) is 4.79 Å². The van der Waals surface area contributed by atoms with Gasteiger partial charge in [-0.2, -0.15) is 0 Å². The first-order chi connectivity index (χ1) is 5.74. The van der Waals surface area contributed by atoms with Gasteiger partial charge in [0.1, 0.15) is 0 Å². The van der Waals surface area contributed by atoms with Crippen molar-refractivity contribution < 1.29 is 9.53 Å². The van der Waals surface area contributed by atoms with Gasteiger partial charge in [0.25, 0.3) is 0 Å². The zero-order valence-electron chi connectivity index (χ0n) is 7.62. The smallest absolute Gasteiger partial charge is 0.314 e. The summed E-state index contributed by atoms with van der Waals surface area (Å²) in [4.78, 5) is 15.2. The molecule has 1 aliphatic rings. The number of cyclic esters (lactones) is 1. The van der Waals surface area contributed by atoms with E-state index in [-0.39, 0.29) is 11.9 Å². The highest BCUT2D eigenvalue weighted by molar-refractivity contribution is 5.91. The minimum Gasteiger partial charge on any atom is -0.465 e. The lowest BCUT2D eigenvalue weighted by molar-refractivity contribution is -0.139. The summed E-state index contributed by atoms with van der Waals surface area (Å²) >= 11 is 0. The summed E-state index contributed by atoms with van der Waals surface area (Å²) in [6.45, 7) is 4.67. The van der Waals surface area contributed by atoms with E-state index in [1.54, 1.807) is 6.21 Å². The molecule has 2 atom stereocenters. The number of ether oxygens (including phenoxy) is 1. The van der Waals surface area contributed by atoms with Crippen molar-refractivity contribution in [2.75, 3.05) is 6.61 Å². The molecule has 1 fully saturated rings. The topological polar surface area (TPSA) is 38.7 Å². The molecule has 0 aromatic heterocycles. The van der Waals surface area contributed by atoms with Crippen LogP contribution in [0.2, 0.25) is 0 Å². The minimum atomic E-state index is -0.123. The van der Waals surface area contributed by atoms with Crippen molar-refractivity contribution in [2.45, 2.75) is 32.7 Å². The SMILES string of the molecule is CCC(C)N=CC1CCOC1=O. The second-order valence-electron chi connectivity index (χ2n) is 3.12. The number of esters is 1. The molecule has 0 amide bonds. The van der Waals surface area contributed by atoms with Crippen molar-refractivity contribution in [3.05, 3.63) is 0 Å². The Labute approximate surface area is 72.8 Å². The first-order valence-corrected chi connectivity index (χ1v) is 4.44. The molecule has 0 spiro atoms. The molecule has 1 saturated heterocycles. The third-order valence-corrected chi connectivity index (χ3v) is 2.09. The van der Waals surface area contributed by atoms with Crippen molar-refractivity contribution in [3.63, 3.8) is 0 Å². The van der Waals surface area contributed by atoms with Gasteiger partial charge >= 0.3 is 5.97 Å². The van der Waals surface area contributed by atoms with Gasteiger partial charge in [-0.1, -0.05) is 6.92 Å². The fourth-order valence-electron chi connectivity index (χ4n) is 1.00. The molecule has 0 saturated carbocycles. The van der Waals surface area contributed by atoms with Crippen LogP contribution in [0, 0.1) is 5.92 Å². The first kappa shape index (κ1) is 9.23. The summed E-state index contributed by atoms with van der Waals surface area (Å²) in [7, 11) is 0. The second kappa shape index (κ2) is 4.24. The van der Waals surface area contributed by atoms with E-state index < -0.39 is 0 Å². The molecule has 0 N–H and O–H groups in total. The van der Waals surface area contributed by atoms with Crippen molar-refractivity contribution in [3.8, 4) is 0 Å². The number of rotatable bonds is 3. The summed E-state index contributed by atoms with van der Waals surface area (Å²) in [5.74, 6) is -0.207. The Kier molecular flexibility index (Phi) is 3.26. The van der Waals surface area contributed by atoms with Gasteiger partial charge in [-0.3, -0.25) is 9.79 Å². The maximum absolute atomic E-state index is 11.0. The highest BCUT2D eigenvalue weighted by Gasteiger charge is 2.24. The average molecular weight is 169 g/mol. The molecule has 0 aliphatic carbocycles. The Morgan fingerprint density at radius 1 is 1.83 bits per heavy atom. The van der Waals surface area contributed by atoms with Crippen LogP contribution in [-0.4, -0.2) is 24.8 Å². The standard InChI is InChI=1S/C9H15NO2/c1-3-7(2)10-6-8-4-5-12-9(8)11/h6-8H,3-5H2,1-2H3. The molecule has 0 aromatic carbocycles. The van der Waals surface area contributed by atoms with Gasteiger partial charge in [0.15, 0.2) is 0 Å². The largest absolute Gasteiger partial charge is 0.465 e. The Morgan fingerprint density at radius 2 is 2.58 bits per heavy atom. The van der Waals surface area contributed by atoms with Crippen LogP contribution >= 0.6 is 0 Å². The lowest BCUT2D eigenvalue weighted by atomic mass is 10.1. The summed E-state index contributed by atoms with van der Waals surface area (Å²) in [6, 6.07) is 0.318. The zero-order chi connectivity index (χ0) is 8.97. The third kappa shape index (κ3) is 2.32. The molecular weight excluding hydrogens is 154 g/mol. The molecule has 0 aromatic rings. The number of hydrogen-bond donors (Lipinski definition) is 0. The van der Waals surface area contributed by atoms with Gasteiger partial charge in [-0.05, 0) is 19.8 Å². The lowest BCUT2D eigenvalue weighted by Crippen LogP contribution is -2.10. The van der Waals surface area contributed by atoms with E-state index in [0.717, 1.165) is 12.8 Å². The summed E-state index contributed by atoms with van der Waals surface area (Å²) in [6.07, 6.45) is 3.54. The second-order valence-corrected chi connectivity index (χ2v) is 3.12. The highest BCUT2D eigenvalue weighted by Crippen LogP contribution is 2.12. The number of hydrogen-bond acceptors (Lipinski definition) is 3. The molecule has 0 radical (unpaired) electrons. The molecule has 3 nitrogen and oxygen atoms in total. The fraction of sp³-hybridized carbons (Fsp3) is 0.778. The average Bonchev–Trinajstić information content (AvgIpc) is 2.47. The maximum Gasteiger partial charge on any atom is 0.314 e. The van der Waals surface area contributed by atoms with Crippen molar-refractivity contribution in [1.82, 2.24) is 0 Å². The van der Waals surface area contributed by atoms with Gasteiger partial charge in [0.2, 0.25) is 0 Å². The maximum atomic E-state index is 11.0. The Hall–Kier alpha value is -0.860. The Morgan fingerprint density at radius 3 is 3.08 bits per heavy atom. The van der Waals surface area contributed by atoms with Crippen LogP contribution in [0.4, 0.5) is 0 Å². The molecule has 0 bridgehead atoms. The van der Waals surface area contributed by atoms with Crippen LogP contribution < -0.4 is 0 Å². The minimum absolute atomic E-state index is 0.0843. The molecular formula is C9H15NO2. The molecule has 1 heterocycles. The van der Waals surface area contributed by atoms with Crippen molar-refractivity contribution in [1.29, 1.82) is 0 Å². The first-order valence-electron chi connectivity index (χ1n) is 4.44. The molecule has 2 unspecified atom stereocenters. The quantitative estimate of drug-likeness (QED) is 0.473. The van der Waals surface area contributed by atoms with E-state index in [4.69, 9.17) is 4.74 Å². The molecule has 68 valence electrons. The summed E-state index contributed by atoms with van der Waals surface area (Å²) in [5.41, 5.74) is 0. The van der Waals surface area contributed by atoms with E-state index in [2.05, 4.69) is 11.9 Å². The third-order valence-electron chi connectivity index (χ3n) is 2.09. The van der Waals surface area contributed by atoms with Crippen LogP contribution in [0.3, 0.4) is 0 Å². The zero-order valence-corrected chi connectivity index (χ0v) is 7.62. The summed E-state index contributed by atoms with van der Waals surface area (Å²) in [5, 5.41) is 0. The van der Waals surface area contributed by atoms with Gasteiger partial charge in [0, 0.05) is 12.3 Å². The van der Waals surface area contributed by atoms with E-state index in [0.29, 0.717) is 12.6 Å². The monoisotopic (exact) mass is 169 g/mol. The van der Waals surface area contributed by atoms with E-state index in [1.807, 2.05) is 6.92 Å². The highest BCUT2D eigenvalue weighted by atomic mass is 16.5. The van der Waals surface area contributed by atoms with Crippen molar-refractivity contribution in [2.24, 2.45) is 10.9 Å². The predicted octanol–water partition coefficient (Wildman–Crippen LogP) is 1.42. The lowest BCUT2D eigenvalue weighted by Gasteiger charge is -2.01.